The van der Waals surface area contributed by atoms with E-state index in [1.165, 1.54) is 0 Å². The molecule has 1 aromatic carbocycles. The van der Waals surface area contributed by atoms with Crippen molar-refractivity contribution in [1.29, 1.82) is 0 Å². The minimum Gasteiger partial charge on any atom is -0.369 e. The highest BCUT2D eigenvalue weighted by molar-refractivity contribution is 7.84. The average Bonchev–Trinajstić information content (AvgIpc) is 2.82. The smallest absolute Gasteiger partial charge is 0.230 e. The van der Waals surface area contributed by atoms with Crippen LogP contribution < -0.4 is 5.73 Å². The topological polar surface area (TPSA) is 65.1 Å². The van der Waals surface area contributed by atoms with Crippen LogP contribution in [0.5, 0.6) is 0 Å². The molecule has 0 aliphatic rings. The predicted octanol–water partition coefficient (Wildman–Crippen LogP) is 1.21. The first-order valence-corrected chi connectivity index (χ1v) is 6.99. The number of amides is 1. The van der Waals surface area contributed by atoms with Crippen LogP contribution in [0.3, 0.4) is 0 Å². The Hall–Kier alpha value is -1.88. The fourth-order valence-corrected chi connectivity index (χ4v) is 2.65. The van der Waals surface area contributed by atoms with Crippen molar-refractivity contribution in [3.63, 3.8) is 0 Å². The highest BCUT2D eigenvalue weighted by Gasteiger charge is 2.05. The van der Waals surface area contributed by atoms with Gasteiger partial charge in [0.05, 0.1) is 0 Å². The Bertz CT molecular complexity index is 547. The molecule has 0 radical (unpaired) electrons. The van der Waals surface area contributed by atoms with Gasteiger partial charge < -0.3 is 10.3 Å². The number of aromatic nitrogens is 1. The van der Waals surface area contributed by atoms with Crippen LogP contribution in [-0.4, -0.2) is 20.4 Å². The Balaban J connectivity index is 2.04. The maximum atomic E-state index is 11.5. The minimum atomic E-state index is -1.23. The number of nitrogens with two attached hydrogens (primary N) is 1. The Morgan fingerprint density at radius 2 is 1.78 bits per heavy atom. The molecule has 0 saturated carbocycles. The van der Waals surface area contributed by atoms with Gasteiger partial charge in [-0.1, -0.05) is 12.1 Å². The van der Waals surface area contributed by atoms with Gasteiger partial charge in [0.2, 0.25) is 5.91 Å². The normalized spacial score (nSPS) is 12.2. The van der Waals surface area contributed by atoms with Gasteiger partial charge in [-0.2, -0.15) is 0 Å². The van der Waals surface area contributed by atoms with Gasteiger partial charge in [0, 0.05) is 34.6 Å². The summed E-state index contributed by atoms with van der Waals surface area (Å²) in [5, 5.41) is 0. The van der Waals surface area contributed by atoms with Crippen LogP contribution in [0.25, 0.3) is 5.69 Å². The number of carbonyl (C=O) groups excluding carboxylic acids is 1. The molecule has 2 rings (SSSR count). The first-order chi connectivity index (χ1) is 8.65. The second-order valence-corrected chi connectivity index (χ2v) is 5.41. The lowest BCUT2D eigenvalue weighted by Gasteiger charge is -2.05. The molecule has 4 nitrogen and oxygen atoms in total. The zero-order valence-corrected chi connectivity index (χ0v) is 10.6. The lowest BCUT2D eigenvalue weighted by Crippen LogP contribution is -2.20. The number of benzene rings is 1. The fraction of sp³-hybridized carbons (Fsp3) is 0.154. The Kier molecular flexibility index (Phi) is 3.94. The second kappa shape index (κ2) is 5.64. The number of hydrogen-bond donors (Lipinski definition) is 1. The molecule has 0 saturated heterocycles. The van der Waals surface area contributed by atoms with Crippen molar-refractivity contribution in [3.05, 3.63) is 54.4 Å². The van der Waals surface area contributed by atoms with Crippen molar-refractivity contribution >= 4 is 16.7 Å². The van der Waals surface area contributed by atoms with E-state index in [9.17, 15) is 9.00 Å². The van der Waals surface area contributed by atoms with Crippen LogP contribution in [0.4, 0.5) is 0 Å². The molecule has 0 unspecified atom stereocenters. The summed E-state index contributed by atoms with van der Waals surface area (Å²) in [5.74, 6) is -0.258. The Labute approximate surface area is 108 Å². The van der Waals surface area contributed by atoms with Crippen LogP contribution in [0, 0.1) is 0 Å². The second-order valence-electron chi connectivity index (χ2n) is 3.95. The molecular formula is C13H14N2O2S. The van der Waals surface area contributed by atoms with Crippen LogP contribution in [0.15, 0.2) is 48.8 Å². The molecule has 0 fully saturated rings. The number of nitrogens with zero attached hydrogens (tertiary/aromatic N) is 1. The molecule has 0 spiro atoms. The van der Waals surface area contributed by atoms with E-state index in [1.54, 1.807) is 0 Å². The summed E-state index contributed by atoms with van der Waals surface area (Å²) in [7, 11) is -1.23. The lowest BCUT2D eigenvalue weighted by molar-refractivity contribution is -0.115. The fourth-order valence-electron chi connectivity index (χ4n) is 1.67. The highest BCUT2D eigenvalue weighted by atomic mass is 32.2. The lowest BCUT2D eigenvalue weighted by atomic mass is 10.2. The molecule has 2 N–H and O–H groups in total. The Morgan fingerprint density at radius 1 is 1.17 bits per heavy atom. The van der Waals surface area contributed by atoms with Crippen molar-refractivity contribution in [3.8, 4) is 5.69 Å². The summed E-state index contributed by atoms with van der Waals surface area (Å²) in [6.07, 6.45) is 3.92. The molecule has 0 aliphatic carbocycles. The molecule has 5 heteroatoms. The van der Waals surface area contributed by atoms with Crippen molar-refractivity contribution < 1.29 is 9.00 Å². The minimum absolute atomic E-state index is 0.0840. The predicted molar refractivity (Wildman–Crippen MR) is 71.7 cm³/mol. The summed E-state index contributed by atoms with van der Waals surface area (Å²) >= 11 is 0. The molecule has 0 aliphatic heterocycles. The quantitative estimate of drug-likeness (QED) is 0.880. The number of carbonyl (C=O) groups is 1. The molecule has 1 amide bonds. The van der Waals surface area contributed by atoms with Gasteiger partial charge in [-0.05, 0) is 29.8 Å². The van der Waals surface area contributed by atoms with Crippen molar-refractivity contribution in [2.45, 2.75) is 5.75 Å². The van der Waals surface area contributed by atoms with Gasteiger partial charge >= 0.3 is 0 Å². The van der Waals surface area contributed by atoms with E-state index >= 15 is 0 Å². The largest absolute Gasteiger partial charge is 0.369 e. The van der Waals surface area contributed by atoms with Crippen LogP contribution in [0.1, 0.15) is 5.56 Å². The van der Waals surface area contributed by atoms with Gasteiger partial charge in [0.25, 0.3) is 0 Å². The Morgan fingerprint density at radius 3 is 2.33 bits per heavy atom. The third-order valence-electron chi connectivity index (χ3n) is 2.47. The maximum absolute atomic E-state index is 11.5. The standard InChI is InChI=1S/C13H14N2O2S/c14-13(16)10-18(17)9-11-3-5-12(6-4-11)15-7-1-2-8-15/h1-8H,9-10H2,(H2,14,16)/t18-/m0/s1. The van der Waals surface area contributed by atoms with E-state index in [-0.39, 0.29) is 5.75 Å². The van der Waals surface area contributed by atoms with Gasteiger partial charge in [0.1, 0.15) is 5.75 Å². The summed E-state index contributed by atoms with van der Waals surface area (Å²) in [5.41, 5.74) is 6.98. The van der Waals surface area contributed by atoms with Gasteiger partial charge in [-0.25, -0.2) is 0 Å². The molecule has 1 aromatic heterocycles. The monoisotopic (exact) mass is 262 g/mol. The first-order valence-electron chi connectivity index (χ1n) is 5.51. The maximum Gasteiger partial charge on any atom is 0.230 e. The summed E-state index contributed by atoms with van der Waals surface area (Å²) in [6, 6.07) is 11.6. The van der Waals surface area contributed by atoms with Crippen molar-refractivity contribution in [2.24, 2.45) is 5.73 Å². The van der Waals surface area contributed by atoms with Gasteiger partial charge in [0.15, 0.2) is 0 Å². The van der Waals surface area contributed by atoms with Gasteiger partial charge in [-0.15, -0.1) is 0 Å². The molecule has 1 heterocycles. The summed E-state index contributed by atoms with van der Waals surface area (Å²) in [4.78, 5) is 10.6. The van der Waals surface area contributed by atoms with E-state index < -0.39 is 16.7 Å². The van der Waals surface area contributed by atoms with E-state index in [2.05, 4.69) is 0 Å². The molecule has 94 valence electrons. The molecule has 2 aromatic rings. The van der Waals surface area contributed by atoms with Crippen LogP contribution >= 0.6 is 0 Å². The number of primary amides is 1. The zero-order chi connectivity index (χ0) is 13.0. The summed E-state index contributed by atoms with van der Waals surface area (Å²) in [6.45, 7) is 0. The van der Waals surface area contributed by atoms with Gasteiger partial charge in [-0.3, -0.25) is 9.00 Å². The third kappa shape index (κ3) is 3.30. The zero-order valence-electron chi connectivity index (χ0n) is 9.78. The van der Waals surface area contributed by atoms with E-state index in [0.717, 1.165) is 11.3 Å². The summed E-state index contributed by atoms with van der Waals surface area (Å²) < 4.78 is 13.5. The number of rotatable bonds is 5. The van der Waals surface area contributed by atoms with Crippen molar-refractivity contribution in [1.82, 2.24) is 4.57 Å². The van der Waals surface area contributed by atoms with Crippen LogP contribution in [-0.2, 0) is 21.3 Å². The van der Waals surface area contributed by atoms with E-state index in [4.69, 9.17) is 5.73 Å². The van der Waals surface area contributed by atoms with E-state index in [1.807, 2.05) is 53.4 Å². The third-order valence-corrected chi connectivity index (χ3v) is 3.73. The molecule has 1 atom stereocenters. The SMILES string of the molecule is NC(=O)C[S@@](=O)Cc1ccc(-n2cccc2)cc1. The molecule has 18 heavy (non-hydrogen) atoms. The number of hydrogen-bond acceptors (Lipinski definition) is 2. The van der Waals surface area contributed by atoms with Crippen LogP contribution in [0.2, 0.25) is 0 Å². The molecular weight excluding hydrogens is 248 g/mol. The highest BCUT2D eigenvalue weighted by Crippen LogP contribution is 2.11. The van der Waals surface area contributed by atoms with Crippen molar-refractivity contribution in [2.75, 3.05) is 5.75 Å². The average molecular weight is 262 g/mol. The molecule has 0 bridgehead atoms. The first kappa shape index (κ1) is 12.6. The van der Waals surface area contributed by atoms with E-state index in [0.29, 0.717) is 5.75 Å².